The number of benzene rings is 2. The van der Waals surface area contributed by atoms with Crippen molar-refractivity contribution in [1.29, 1.82) is 0 Å². The maximum Gasteiger partial charge on any atom is 0.416 e. The molecule has 0 saturated heterocycles. The smallest absolute Gasteiger partial charge is 0.288 e. The monoisotopic (exact) mass is 385 g/mol. The van der Waals surface area contributed by atoms with E-state index in [-0.39, 0.29) is 22.6 Å². The first-order valence-corrected chi connectivity index (χ1v) is 8.15. The molecule has 4 rings (SSSR count). The van der Waals surface area contributed by atoms with Crippen LogP contribution in [0.15, 0.2) is 67.0 Å². The first-order valence-electron chi connectivity index (χ1n) is 8.15. The summed E-state index contributed by atoms with van der Waals surface area (Å²) in [5, 5.41) is 4.17. The summed E-state index contributed by atoms with van der Waals surface area (Å²) in [4.78, 5) is 16.9. The zero-order valence-corrected chi connectivity index (χ0v) is 14.1. The van der Waals surface area contributed by atoms with Gasteiger partial charge in [-0.1, -0.05) is 12.1 Å². The van der Waals surface area contributed by atoms with Gasteiger partial charge in [-0.3, -0.25) is 4.79 Å². The van der Waals surface area contributed by atoms with Gasteiger partial charge >= 0.3 is 6.18 Å². The van der Waals surface area contributed by atoms with Crippen LogP contribution in [-0.4, -0.2) is 20.4 Å². The average molecular weight is 385 g/mol. The molecule has 0 fully saturated rings. The lowest BCUT2D eigenvalue weighted by Gasteiger charge is -2.09. The quantitative estimate of drug-likeness (QED) is 0.377. The van der Waals surface area contributed by atoms with Gasteiger partial charge in [-0.15, -0.1) is 0 Å². The lowest BCUT2D eigenvalue weighted by molar-refractivity contribution is -0.137. The average Bonchev–Trinajstić information content (AvgIpc) is 3.11. The van der Waals surface area contributed by atoms with Gasteiger partial charge in [0.05, 0.1) is 23.0 Å². The Morgan fingerprint density at radius 2 is 1.61 bits per heavy atom. The fraction of sp³-hybridized carbons (Fsp3) is 0.0500. The summed E-state index contributed by atoms with van der Waals surface area (Å²) in [6.45, 7) is 0. The predicted molar refractivity (Wildman–Crippen MR) is 93.3 cm³/mol. The fourth-order valence-electron chi connectivity index (χ4n) is 2.86. The minimum atomic E-state index is -4.42. The van der Waals surface area contributed by atoms with Gasteiger partial charge in [0.25, 0.3) is 0 Å². The van der Waals surface area contributed by atoms with Crippen LogP contribution in [0, 0.1) is 5.82 Å². The first kappa shape index (κ1) is 17.8. The van der Waals surface area contributed by atoms with E-state index in [2.05, 4.69) is 10.1 Å². The van der Waals surface area contributed by atoms with Crippen LogP contribution in [0.4, 0.5) is 17.6 Å². The molecule has 4 nitrogen and oxygen atoms in total. The highest BCUT2D eigenvalue weighted by molar-refractivity contribution is 6.12. The maximum absolute atomic E-state index is 13.1. The lowest BCUT2D eigenvalue weighted by atomic mass is 10.1. The predicted octanol–water partition coefficient (Wildman–Crippen LogP) is 4.79. The molecule has 140 valence electrons. The highest BCUT2D eigenvalue weighted by atomic mass is 19.4. The molecule has 0 radical (unpaired) electrons. The van der Waals surface area contributed by atoms with Crippen LogP contribution in [0.25, 0.3) is 16.9 Å². The van der Waals surface area contributed by atoms with E-state index in [0.29, 0.717) is 11.3 Å². The van der Waals surface area contributed by atoms with Crippen molar-refractivity contribution in [3.05, 3.63) is 89.5 Å². The van der Waals surface area contributed by atoms with Crippen molar-refractivity contribution >= 4 is 11.4 Å². The van der Waals surface area contributed by atoms with Crippen LogP contribution in [0.1, 0.15) is 21.5 Å². The highest BCUT2D eigenvalue weighted by Crippen LogP contribution is 2.31. The van der Waals surface area contributed by atoms with Crippen LogP contribution < -0.4 is 0 Å². The van der Waals surface area contributed by atoms with Crippen molar-refractivity contribution in [1.82, 2.24) is 14.6 Å². The minimum absolute atomic E-state index is 0.209. The molecule has 0 saturated carbocycles. The molecule has 0 spiro atoms. The SMILES string of the molecule is O=C(c1ccc(F)cc1)c1cnn2c(-c3ccc(C(F)(F)F)cc3)ccnc12. The number of hydrogen-bond acceptors (Lipinski definition) is 3. The Hall–Kier alpha value is -3.55. The number of halogens is 4. The van der Waals surface area contributed by atoms with E-state index in [1.54, 1.807) is 6.07 Å². The van der Waals surface area contributed by atoms with E-state index >= 15 is 0 Å². The number of ketones is 1. The van der Waals surface area contributed by atoms with Crippen molar-refractivity contribution in [3.63, 3.8) is 0 Å². The summed E-state index contributed by atoms with van der Waals surface area (Å²) < 4.78 is 52.8. The van der Waals surface area contributed by atoms with E-state index in [1.807, 2.05) is 0 Å². The molecule has 0 N–H and O–H groups in total. The summed E-state index contributed by atoms with van der Waals surface area (Å²) in [5.74, 6) is -0.841. The summed E-state index contributed by atoms with van der Waals surface area (Å²) >= 11 is 0. The molecule has 2 heterocycles. The van der Waals surface area contributed by atoms with Crippen LogP contribution in [-0.2, 0) is 6.18 Å². The van der Waals surface area contributed by atoms with Crippen LogP contribution in [0.2, 0.25) is 0 Å². The number of alkyl halides is 3. The molecule has 28 heavy (non-hydrogen) atoms. The molecule has 2 aromatic carbocycles. The number of rotatable bonds is 3. The van der Waals surface area contributed by atoms with Gasteiger partial charge in [0, 0.05) is 17.3 Å². The summed E-state index contributed by atoms with van der Waals surface area (Å²) in [6.07, 6.45) is -1.64. The number of carbonyl (C=O) groups excluding carboxylic acids is 1. The Kier molecular flexibility index (Phi) is 4.18. The Morgan fingerprint density at radius 1 is 0.929 bits per heavy atom. The normalized spacial score (nSPS) is 11.7. The summed E-state index contributed by atoms with van der Waals surface area (Å²) in [6, 6.07) is 11.3. The Bertz CT molecular complexity index is 1160. The van der Waals surface area contributed by atoms with Gasteiger partial charge in [0.2, 0.25) is 0 Å². The van der Waals surface area contributed by atoms with E-state index in [1.165, 1.54) is 53.3 Å². The first-order chi connectivity index (χ1) is 13.3. The number of hydrogen-bond donors (Lipinski definition) is 0. The molecule has 0 bridgehead atoms. The van der Waals surface area contributed by atoms with Crippen molar-refractivity contribution < 1.29 is 22.4 Å². The Morgan fingerprint density at radius 3 is 2.25 bits per heavy atom. The van der Waals surface area contributed by atoms with Gasteiger partial charge in [0.15, 0.2) is 11.4 Å². The third-order valence-corrected chi connectivity index (χ3v) is 4.26. The van der Waals surface area contributed by atoms with Gasteiger partial charge in [-0.05, 0) is 42.5 Å². The zero-order valence-electron chi connectivity index (χ0n) is 14.1. The summed E-state index contributed by atoms with van der Waals surface area (Å²) in [5.41, 5.74) is 0.959. The van der Waals surface area contributed by atoms with Crippen LogP contribution >= 0.6 is 0 Å². The molecule has 0 aliphatic rings. The standard InChI is InChI=1S/C20H11F4N3O/c21-15-7-3-13(4-8-15)18(28)16-11-26-27-17(9-10-25-19(16)27)12-1-5-14(6-2-12)20(22,23)24/h1-11H. The zero-order chi connectivity index (χ0) is 19.9. The second kappa shape index (κ2) is 6.56. The second-order valence-electron chi connectivity index (χ2n) is 6.03. The van der Waals surface area contributed by atoms with E-state index in [0.717, 1.165) is 12.1 Å². The molecule has 0 aliphatic heterocycles. The molecule has 0 aliphatic carbocycles. The van der Waals surface area contributed by atoms with E-state index in [9.17, 15) is 22.4 Å². The van der Waals surface area contributed by atoms with Crippen molar-refractivity contribution in [2.45, 2.75) is 6.18 Å². The third kappa shape index (κ3) is 3.13. The van der Waals surface area contributed by atoms with Gasteiger partial charge in [-0.25, -0.2) is 13.9 Å². The van der Waals surface area contributed by atoms with Crippen LogP contribution in [0.3, 0.4) is 0 Å². The second-order valence-corrected chi connectivity index (χ2v) is 6.03. The van der Waals surface area contributed by atoms with Crippen LogP contribution in [0.5, 0.6) is 0 Å². The Balaban J connectivity index is 1.77. The molecule has 0 amide bonds. The molecular formula is C20H11F4N3O. The lowest BCUT2D eigenvalue weighted by Crippen LogP contribution is -2.05. The summed E-state index contributed by atoms with van der Waals surface area (Å²) in [7, 11) is 0. The number of aromatic nitrogens is 3. The highest BCUT2D eigenvalue weighted by Gasteiger charge is 2.30. The molecule has 0 unspecified atom stereocenters. The van der Waals surface area contributed by atoms with Gasteiger partial charge < -0.3 is 0 Å². The van der Waals surface area contributed by atoms with Gasteiger partial charge in [-0.2, -0.15) is 18.3 Å². The number of carbonyl (C=O) groups is 1. The largest absolute Gasteiger partial charge is 0.416 e. The van der Waals surface area contributed by atoms with E-state index < -0.39 is 17.6 Å². The molecule has 8 heteroatoms. The van der Waals surface area contributed by atoms with Gasteiger partial charge in [0.1, 0.15) is 5.82 Å². The minimum Gasteiger partial charge on any atom is -0.288 e. The van der Waals surface area contributed by atoms with E-state index in [4.69, 9.17) is 0 Å². The maximum atomic E-state index is 13.1. The number of fused-ring (bicyclic) bond motifs is 1. The molecule has 0 atom stereocenters. The Labute approximate surface area is 156 Å². The van der Waals surface area contributed by atoms with Crippen molar-refractivity contribution in [2.75, 3.05) is 0 Å². The molecular weight excluding hydrogens is 374 g/mol. The fourth-order valence-corrected chi connectivity index (χ4v) is 2.86. The van der Waals surface area contributed by atoms with Crippen molar-refractivity contribution in [2.24, 2.45) is 0 Å². The number of nitrogens with zero attached hydrogens (tertiary/aromatic N) is 3. The third-order valence-electron chi connectivity index (χ3n) is 4.26. The molecule has 4 aromatic rings. The van der Waals surface area contributed by atoms with Crippen molar-refractivity contribution in [3.8, 4) is 11.3 Å². The topological polar surface area (TPSA) is 47.3 Å². The molecule has 2 aromatic heterocycles.